The van der Waals surface area contributed by atoms with Crippen molar-refractivity contribution in [2.45, 2.75) is 0 Å². The number of aromatic carboxylic acids is 1. The van der Waals surface area contributed by atoms with Crippen LogP contribution in [0.1, 0.15) is 10.4 Å². The lowest BCUT2D eigenvalue weighted by atomic mass is 9.94. The lowest BCUT2D eigenvalue weighted by molar-refractivity contribution is 0.0699. The summed E-state index contributed by atoms with van der Waals surface area (Å²) in [4.78, 5) is 30.1. The second kappa shape index (κ2) is 15.3. The van der Waals surface area contributed by atoms with Gasteiger partial charge in [0.15, 0.2) is 0 Å². The van der Waals surface area contributed by atoms with E-state index in [1.54, 1.807) is 0 Å². The molecule has 0 saturated carbocycles. The molecule has 6 heteroatoms. The number of benzene rings is 8. The van der Waals surface area contributed by atoms with Crippen molar-refractivity contribution in [2.75, 3.05) is 0 Å². The van der Waals surface area contributed by atoms with Crippen LogP contribution in [0, 0.1) is 0 Å². The van der Waals surface area contributed by atoms with Crippen molar-refractivity contribution in [3.05, 3.63) is 224 Å². The lowest BCUT2D eigenvalue weighted by Crippen LogP contribution is -2.04. The predicted octanol–water partition coefficient (Wildman–Crippen LogP) is 15.5. The van der Waals surface area contributed by atoms with E-state index < -0.39 is 5.97 Å². The molecule has 0 radical (unpaired) electrons. The molecule has 2 aliphatic heterocycles. The van der Waals surface area contributed by atoms with Crippen LogP contribution in [0.15, 0.2) is 218 Å². The number of fused-ring (bicyclic) bond motifs is 20. The average Bonchev–Trinajstić information content (AvgIpc) is 4.14. The molecule has 0 spiro atoms. The van der Waals surface area contributed by atoms with Crippen molar-refractivity contribution in [2.24, 2.45) is 0 Å². The van der Waals surface area contributed by atoms with E-state index in [1.165, 1.54) is 0 Å². The molecule has 8 aromatic carbocycles. The first-order chi connectivity index (χ1) is 33.1. The number of nitrogens with one attached hydrogen (secondary N) is 1. The van der Waals surface area contributed by atoms with Gasteiger partial charge in [-0.3, -0.25) is 0 Å². The summed E-state index contributed by atoms with van der Waals surface area (Å²) in [7, 11) is 0. The first-order valence-electron chi connectivity index (χ1n) is 22.4. The van der Waals surface area contributed by atoms with Crippen LogP contribution >= 0.6 is 0 Å². The zero-order chi connectivity index (χ0) is 44.6. The highest BCUT2D eigenvalue weighted by atomic mass is 16.4. The number of nitrogens with zero attached hydrogens (tertiary/aromatic N) is 3. The van der Waals surface area contributed by atoms with E-state index >= 15 is 0 Å². The van der Waals surface area contributed by atoms with Gasteiger partial charge in [-0.2, -0.15) is 0 Å². The van der Waals surface area contributed by atoms with Gasteiger partial charge < -0.3 is 14.7 Å². The normalized spacial score (nSPS) is 11.7. The van der Waals surface area contributed by atoms with Crippen molar-refractivity contribution < 1.29 is 9.90 Å². The summed E-state index contributed by atoms with van der Waals surface area (Å²) in [5.74, 6) is -1.08. The molecule has 13 rings (SSSR count). The van der Waals surface area contributed by atoms with Crippen LogP contribution in [-0.2, 0) is 0 Å². The highest BCUT2D eigenvalue weighted by Crippen LogP contribution is 2.51. The average molecular weight is 859 g/mol. The van der Waals surface area contributed by atoms with E-state index in [0.29, 0.717) is 16.9 Å². The third kappa shape index (κ3) is 5.86. The van der Waals surface area contributed by atoms with E-state index in [0.717, 1.165) is 111 Å². The molecule has 2 N–H and O–H groups in total. The Hall–Kier alpha value is -9.13. The summed E-state index contributed by atoms with van der Waals surface area (Å²) in [6, 6.07) is 74.5. The third-order valence-corrected chi connectivity index (χ3v) is 13.3. The molecular weight excluding hydrogens is 821 g/mol. The number of carboxylic acid groups (broad SMARTS) is 1. The molecule has 5 heterocycles. The van der Waals surface area contributed by atoms with E-state index in [2.05, 4.69) is 137 Å². The fourth-order valence-corrected chi connectivity index (χ4v) is 10.5. The van der Waals surface area contributed by atoms with Gasteiger partial charge in [-0.25, -0.2) is 14.8 Å². The van der Waals surface area contributed by atoms with Gasteiger partial charge in [0, 0.05) is 66.2 Å². The Bertz CT molecular complexity index is 3990. The number of carbonyl (C=O) groups is 1. The van der Waals surface area contributed by atoms with Crippen LogP contribution in [0.2, 0.25) is 0 Å². The maximum absolute atomic E-state index is 14.6. The molecule has 2 aliphatic rings. The molecule has 0 unspecified atom stereocenters. The minimum absolute atomic E-state index is 0.0958. The van der Waals surface area contributed by atoms with Crippen molar-refractivity contribution in [1.82, 2.24) is 19.5 Å². The SMILES string of the molecule is O=C(O)c1c2nc(c(-c3ccccc3)c3[nH]c(c(-c4ccccc4)c4nc(c(-c5ccccc5)c5c6ccccc6c1n5-c1ccccc1)-c1ccccc1-4)c1ccccc31)-c1ccccc1-2. The summed E-state index contributed by atoms with van der Waals surface area (Å²) in [6.45, 7) is 0. The van der Waals surface area contributed by atoms with Crippen molar-refractivity contribution >= 4 is 49.6 Å². The Kier molecular flexibility index (Phi) is 8.73. The number of carboxylic acids is 1. The van der Waals surface area contributed by atoms with Gasteiger partial charge in [-0.05, 0) is 28.8 Å². The van der Waals surface area contributed by atoms with Crippen molar-refractivity contribution in [3.8, 4) is 84.1 Å². The van der Waals surface area contributed by atoms with Crippen LogP contribution in [0.25, 0.3) is 128 Å². The van der Waals surface area contributed by atoms with Gasteiger partial charge in [0.2, 0.25) is 0 Å². The van der Waals surface area contributed by atoms with Crippen LogP contribution in [0.4, 0.5) is 0 Å². The van der Waals surface area contributed by atoms with E-state index in [9.17, 15) is 9.90 Å². The zero-order valence-corrected chi connectivity index (χ0v) is 36.0. The maximum atomic E-state index is 14.6. The molecule has 6 nitrogen and oxygen atoms in total. The number of hydrogen-bond donors (Lipinski definition) is 2. The number of rotatable bonds is 5. The molecule has 0 fully saturated rings. The van der Waals surface area contributed by atoms with Gasteiger partial charge in [-0.15, -0.1) is 0 Å². The summed E-state index contributed by atoms with van der Waals surface area (Å²) < 4.78 is 2.14. The van der Waals surface area contributed by atoms with Crippen LogP contribution in [-0.4, -0.2) is 30.6 Å². The predicted molar refractivity (Wildman–Crippen MR) is 273 cm³/mol. The van der Waals surface area contributed by atoms with Crippen molar-refractivity contribution in [1.29, 1.82) is 0 Å². The highest BCUT2D eigenvalue weighted by Gasteiger charge is 2.32. The lowest BCUT2D eigenvalue weighted by Gasteiger charge is -2.14. The van der Waals surface area contributed by atoms with Crippen LogP contribution in [0.5, 0.6) is 0 Å². The van der Waals surface area contributed by atoms with Gasteiger partial charge in [0.25, 0.3) is 0 Å². The topological polar surface area (TPSA) is 83.8 Å². The van der Waals surface area contributed by atoms with Gasteiger partial charge in [-0.1, -0.05) is 206 Å². The molecule has 0 aliphatic carbocycles. The minimum Gasteiger partial charge on any atom is -0.478 e. The number of H-pyrrole nitrogens is 1. The summed E-state index contributed by atoms with van der Waals surface area (Å²) >= 11 is 0. The highest BCUT2D eigenvalue weighted by molar-refractivity contribution is 6.23. The Labute approximate surface area is 385 Å². The third-order valence-electron chi connectivity index (χ3n) is 13.3. The quantitative estimate of drug-likeness (QED) is 0.181. The monoisotopic (exact) mass is 858 g/mol. The smallest absolute Gasteiger partial charge is 0.340 e. The molecule has 0 atom stereocenters. The molecule has 0 amide bonds. The van der Waals surface area contributed by atoms with Gasteiger partial charge in [0.1, 0.15) is 5.56 Å². The standard InChI is InChI=1S/C61H38N4O2/c66-61(67)52-58-46-34-18-16-32-44(46)56(64-58)50(38-23-7-2-8-24-38)54-42-30-14-13-29-41(42)53(62-54)49(37-21-5-1-6-22-37)55-43-31-15-17-33-45(43)57(63-55)51(39-25-9-3-10-26-39)59-47-35-19-20-36-48(47)60(52)65(59)40-27-11-4-12-28-40/h1-36,62H,(H,66,67). The summed E-state index contributed by atoms with van der Waals surface area (Å²) in [5, 5.41) is 15.6. The Morgan fingerprint density at radius 2 is 0.716 bits per heavy atom. The Morgan fingerprint density at radius 3 is 1.18 bits per heavy atom. The fraction of sp³-hybridized carbons (Fsp3) is 0. The van der Waals surface area contributed by atoms with Crippen LogP contribution in [0.3, 0.4) is 0 Å². The van der Waals surface area contributed by atoms with E-state index in [1.807, 2.05) is 91.0 Å². The molecule has 8 bridgehead atoms. The number of aromatic nitrogens is 4. The Balaban J connectivity index is 1.43. The second-order valence-corrected chi connectivity index (χ2v) is 16.9. The van der Waals surface area contributed by atoms with Gasteiger partial charge >= 0.3 is 5.97 Å². The van der Waals surface area contributed by atoms with Crippen LogP contribution < -0.4 is 0 Å². The molecule has 3 aromatic heterocycles. The number of hydrogen-bond acceptors (Lipinski definition) is 3. The number of aromatic amines is 1. The second-order valence-electron chi connectivity index (χ2n) is 16.9. The number of para-hydroxylation sites is 1. The first-order valence-corrected chi connectivity index (χ1v) is 22.4. The minimum atomic E-state index is -1.08. The molecule has 314 valence electrons. The first kappa shape index (κ1) is 38.3. The largest absolute Gasteiger partial charge is 0.478 e. The molecule has 67 heavy (non-hydrogen) atoms. The van der Waals surface area contributed by atoms with Gasteiger partial charge in [0.05, 0.1) is 44.8 Å². The zero-order valence-electron chi connectivity index (χ0n) is 36.0. The fourth-order valence-electron chi connectivity index (χ4n) is 10.5. The Morgan fingerprint density at radius 1 is 0.373 bits per heavy atom. The van der Waals surface area contributed by atoms with E-state index in [4.69, 9.17) is 9.97 Å². The molecule has 11 aromatic rings. The summed E-state index contributed by atoms with van der Waals surface area (Å²) in [5.41, 5.74) is 15.9. The molecule has 0 saturated heterocycles. The summed E-state index contributed by atoms with van der Waals surface area (Å²) in [6.07, 6.45) is 0. The van der Waals surface area contributed by atoms with Crippen molar-refractivity contribution in [3.63, 3.8) is 0 Å². The molecular formula is C61H38N4O2. The maximum Gasteiger partial charge on any atom is 0.340 e. The van der Waals surface area contributed by atoms with E-state index in [-0.39, 0.29) is 5.56 Å².